The van der Waals surface area contributed by atoms with Gasteiger partial charge in [0, 0.05) is 72.0 Å². The molecule has 14 aromatic rings. The lowest BCUT2D eigenvalue weighted by molar-refractivity contribution is -0.290. The van der Waals surface area contributed by atoms with Gasteiger partial charge in [0.1, 0.15) is 5.69 Å². The number of hydrogen-bond acceptors (Lipinski definition) is 11. The highest BCUT2D eigenvalue weighted by atomic mass is 35.5. The smallest absolute Gasteiger partial charge is 0.399 e. The van der Waals surface area contributed by atoms with Crippen LogP contribution in [-0.2, 0) is 26.8 Å². The Labute approximate surface area is 808 Å². The summed E-state index contributed by atoms with van der Waals surface area (Å²) < 4.78 is 338. The second-order valence-corrected chi connectivity index (χ2v) is 35.3. The SMILES string of the molecule is Cc1c(F)c(F)c(-c2c(F)c(F)c(N)c(F)c2F)c(F)c1F.Cc1cc(Cl)c(-c2cc(Cl)c(N)cc2Cl)cc1Cl.Cc1ccc(-c2ccc(N)cc2C(F)(F)F)c(C)c1.Cc1ccc(C(c2ccc(C)c(N)c2)(C(F)(F)F)C(F)(F)F)cc1N.Cc1cccc(C(=O)c2cccc(N)c2)c1.Cc1cccc(C(c2cccc(N)c2)(C(F)(F)F)C(F)(F)F)c1.Cc1cccc(S(=O)(=O)c2cccc(N)c2)c1. The van der Waals surface area contributed by atoms with Crippen LogP contribution in [0.4, 0.5) is 146 Å². The third kappa shape index (κ3) is 24.9. The molecule has 0 atom stereocenters. The van der Waals surface area contributed by atoms with E-state index in [9.17, 15) is 114 Å². The van der Waals surface area contributed by atoms with Gasteiger partial charge in [-0.2, -0.15) is 65.9 Å². The van der Waals surface area contributed by atoms with Crippen molar-refractivity contribution < 1.29 is 114 Å². The molecule has 740 valence electrons. The van der Waals surface area contributed by atoms with Crippen molar-refractivity contribution in [1.29, 1.82) is 0 Å². The van der Waals surface area contributed by atoms with E-state index in [1.807, 2.05) is 64.1 Å². The Kier molecular flexibility index (Phi) is 35.5. The van der Waals surface area contributed by atoms with Gasteiger partial charge in [0.2, 0.25) is 20.7 Å². The number of hydrogen-bond donors (Lipinski definition) is 8. The predicted octanol–water partition coefficient (Wildman–Crippen LogP) is 29.9. The highest BCUT2D eigenvalue weighted by Gasteiger charge is 2.74. The molecule has 0 heterocycles. The van der Waals surface area contributed by atoms with Crippen LogP contribution in [0.15, 0.2) is 252 Å². The fourth-order valence-electron chi connectivity index (χ4n) is 14.2. The normalized spacial score (nSPS) is 11.7. The largest absolute Gasteiger partial charge is 0.417 e. The second kappa shape index (κ2) is 44.4. The van der Waals surface area contributed by atoms with Gasteiger partial charge in [0.05, 0.1) is 42.2 Å². The van der Waals surface area contributed by atoms with Crippen molar-refractivity contribution in [3.63, 3.8) is 0 Å². The molecule has 0 unspecified atom stereocenters. The van der Waals surface area contributed by atoms with Crippen LogP contribution < -0.4 is 45.9 Å². The number of alkyl halides is 15. The maximum Gasteiger partial charge on any atom is 0.417 e. The maximum absolute atomic E-state index is 13.9. The zero-order valence-electron chi connectivity index (χ0n) is 74.6. The highest BCUT2D eigenvalue weighted by molar-refractivity contribution is 7.91. The lowest BCUT2D eigenvalue weighted by Gasteiger charge is -2.38. The van der Waals surface area contributed by atoms with E-state index in [4.69, 9.17) is 92.3 Å². The predicted molar refractivity (Wildman–Crippen MR) is 504 cm³/mol. The molecule has 0 saturated heterocycles. The molecule has 11 nitrogen and oxygen atoms in total. The zero-order valence-corrected chi connectivity index (χ0v) is 78.4. The quantitative estimate of drug-likeness (QED) is 0.0261. The summed E-state index contributed by atoms with van der Waals surface area (Å²) in [5.74, 6) is -17.1. The number of nitrogens with two attached hydrogens (primary N) is 8. The van der Waals surface area contributed by atoms with Gasteiger partial charge in [-0.05, 0) is 233 Å². The molecular weight excluding hydrogens is 1980 g/mol. The molecule has 14 rings (SSSR count). The third-order valence-corrected chi connectivity index (χ3v) is 24.6. The standard InChI is InChI=1S/C17H16F6N2.C16H13F6N.C15H14F3N.C14H13NO.C13H9Cl4N.C13H5F8N.C13H13NO2S/c1-9-3-5-11(7-13(9)24)15(16(18,19)20,17(21,22)23)12-6-4-10(2)14(25)8-12;1-10-4-2-5-11(8-10)14(15(17,18)19,16(20,21)22)12-6-3-7-13(23)9-12;1-9-3-5-12(10(2)7-9)13-6-4-11(19)8-14(13)15(16,17)18;1-10-4-2-5-11(8-10)14(16)12-6-3-7-13(15)9-12;1-6-2-10(15)7(3-9(6)14)8-4-12(17)13(18)5-11(8)16;1-2-5(14)7(16)3(8(17)6(2)15)4-9(18)11(20)13(22)12(21)10(4)19;1-10-4-2-6-12(8-10)17(15,16)13-7-3-5-11(14)9-13/h3-8H,24-25H2,1-2H3;2-9H,23H2,1H3;3-8H,19H2,1-2H3;2-9H,15H2,1H3;2-5H,18H2,1H3;22H2,1H3;2-9H,14H2,1H3. The van der Waals surface area contributed by atoms with E-state index in [2.05, 4.69) is 0 Å². The molecule has 0 amide bonds. The van der Waals surface area contributed by atoms with Gasteiger partial charge < -0.3 is 45.9 Å². The summed E-state index contributed by atoms with van der Waals surface area (Å²) in [4.78, 5) is 12.6. The molecule has 14 aromatic carbocycles. The Morgan fingerprint density at radius 2 is 0.643 bits per heavy atom. The first kappa shape index (κ1) is 112. The lowest BCUT2D eigenvalue weighted by atomic mass is 9.72. The van der Waals surface area contributed by atoms with Gasteiger partial charge >= 0.3 is 30.9 Å². The summed E-state index contributed by atoms with van der Waals surface area (Å²) >= 11 is 24.5. The van der Waals surface area contributed by atoms with E-state index < -0.39 is 148 Å². The van der Waals surface area contributed by atoms with Crippen LogP contribution >= 0.6 is 46.4 Å². The van der Waals surface area contributed by atoms with Crippen molar-refractivity contribution in [3.05, 3.63) is 398 Å². The molecular formula is C101H83Cl4F23N8O3S. The Bertz CT molecular complexity index is 6670. The van der Waals surface area contributed by atoms with Gasteiger partial charge in [0.15, 0.2) is 52.3 Å². The van der Waals surface area contributed by atoms with Crippen LogP contribution in [0.3, 0.4) is 0 Å². The van der Waals surface area contributed by atoms with Crippen LogP contribution in [-0.4, -0.2) is 38.9 Å². The van der Waals surface area contributed by atoms with Gasteiger partial charge in [-0.1, -0.05) is 197 Å². The number of carbonyl (C=O) groups excluding carboxylic acids is 1. The lowest BCUT2D eigenvalue weighted by Crippen LogP contribution is -2.54. The first-order chi connectivity index (χ1) is 64.8. The van der Waals surface area contributed by atoms with Crippen molar-refractivity contribution in [3.8, 4) is 33.4 Å². The number of carbonyl (C=O) groups is 1. The van der Waals surface area contributed by atoms with Crippen molar-refractivity contribution in [2.24, 2.45) is 0 Å². The molecule has 140 heavy (non-hydrogen) atoms. The van der Waals surface area contributed by atoms with Crippen LogP contribution in [0.5, 0.6) is 0 Å². The molecule has 0 aliphatic heterocycles. The minimum Gasteiger partial charge on any atom is -0.399 e. The van der Waals surface area contributed by atoms with Gasteiger partial charge in [-0.25, -0.2) is 43.5 Å². The molecule has 0 aliphatic rings. The first-order valence-electron chi connectivity index (χ1n) is 40.5. The molecule has 0 aliphatic carbocycles. The minimum absolute atomic E-state index is 0.0102. The summed E-state index contributed by atoms with van der Waals surface area (Å²) in [5.41, 5.74) is 34.7. The molecule has 39 heteroatoms. The fourth-order valence-corrected chi connectivity index (χ4v) is 16.5. The molecule has 0 saturated carbocycles. The zero-order chi connectivity index (χ0) is 105. The number of ketones is 1. The van der Waals surface area contributed by atoms with E-state index in [0.717, 1.165) is 88.0 Å². The molecule has 16 N–H and O–H groups in total. The third-order valence-electron chi connectivity index (χ3n) is 21.5. The minimum atomic E-state index is -5.66. The van der Waals surface area contributed by atoms with E-state index >= 15 is 0 Å². The fraction of sp³-hybridized carbons (Fsp3) is 0.158. The topological polar surface area (TPSA) is 259 Å². The van der Waals surface area contributed by atoms with Crippen molar-refractivity contribution in [1.82, 2.24) is 0 Å². The van der Waals surface area contributed by atoms with Crippen LogP contribution in [0.1, 0.15) is 93.8 Å². The van der Waals surface area contributed by atoms with E-state index in [1.54, 1.807) is 104 Å². The summed E-state index contributed by atoms with van der Waals surface area (Å²) in [6, 6.07) is 57.3. The molecule has 0 aromatic heterocycles. The summed E-state index contributed by atoms with van der Waals surface area (Å²) in [5, 5.41) is 2.11. The van der Waals surface area contributed by atoms with Crippen LogP contribution in [0, 0.1) is 109 Å². The molecule has 0 bridgehead atoms. The maximum atomic E-state index is 13.9. The average molecular weight is 2070 g/mol. The second-order valence-electron chi connectivity index (χ2n) is 31.7. The van der Waals surface area contributed by atoms with Crippen molar-refractivity contribution in [2.75, 3.05) is 45.9 Å². The number of anilines is 8. The van der Waals surface area contributed by atoms with E-state index in [1.165, 1.54) is 57.2 Å². The van der Waals surface area contributed by atoms with Crippen LogP contribution in [0.25, 0.3) is 33.4 Å². The van der Waals surface area contributed by atoms with Crippen molar-refractivity contribution >= 4 is 108 Å². The molecule has 0 radical (unpaired) electrons. The van der Waals surface area contributed by atoms with E-state index in [0.29, 0.717) is 106 Å². The van der Waals surface area contributed by atoms with Crippen molar-refractivity contribution in [2.45, 2.75) is 114 Å². The van der Waals surface area contributed by atoms with Crippen LogP contribution in [0.2, 0.25) is 20.1 Å². The summed E-state index contributed by atoms with van der Waals surface area (Å²) in [6.45, 7) is 14.5. The number of halogens is 27. The van der Waals surface area contributed by atoms with E-state index in [-0.39, 0.29) is 39.0 Å². The average Bonchev–Trinajstić information content (AvgIpc) is 0.732. The Balaban J connectivity index is 0.000000201. The number of aryl methyl sites for hydroxylation is 8. The number of benzene rings is 14. The van der Waals surface area contributed by atoms with Gasteiger partial charge in [0.25, 0.3) is 0 Å². The first-order valence-corrected chi connectivity index (χ1v) is 43.5. The highest BCUT2D eigenvalue weighted by Crippen LogP contribution is 2.59. The Morgan fingerprint density at radius 3 is 1.07 bits per heavy atom. The summed E-state index contributed by atoms with van der Waals surface area (Å²) in [7, 11) is -3.46. The Morgan fingerprint density at radius 1 is 0.279 bits per heavy atom. The monoisotopic (exact) mass is 2060 g/mol. The molecule has 0 fully saturated rings. The number of rotatable bonds is 11. The van der Waals surface area contributed by atoms with Gasteiger partial charge in [-0.15, -0.1) is 0 Å². The summed E-state index contributed by atoms with van der Waals surface area (Å²) in [6.07, 6.45) is -26.9. The molecule has 0 spiro atoms. The number of nitrogen functional groups attached to an aromatic ring is 8. The Hall–Kier alpha value is -13.4. The number of sulfone groups is 1. The van der Waals surface area contributed by atoms with Gasteiger partial charge in [-0.3, -0.25) is 4.79 Å².